The summed E-state index contributed by atoms with van der Waals surface area (Å²) in [7, 11) is 1.67. The van der Waals surface area contributed by atoms with E-state index in [4.69, 9.17) is 27.0 Å². The number of nitrogens with one attached hydrogen (secondary N) is 2. The molecule has 13 heteroatoms. The Hall–Kier alpha value is -3.55. The molecule has 0 bridgehead atoms. The second-order valence-electron chi connectivity index (χ2n) is 12.8. The van der Waals surface area contributed by atoms with E-state index in [1.54, 1.807) is 12.4 Å². The normalized spacial score (nSPS) is 13.5. The highest BCUT2D eigenvalue weighted by Crippen LogP contribution is 2.31. The number of carbonyl (C=O) groups excluding carboxylic acids is 3. The summed E-state index contributed by atoms with van der Waals surface area (Å²) in [5, 5.41) is 11.6. The van der Waals surface area contributed by atoms with Crippen molar-refractivity contribution >= 4 is 34.9 Å². The number of nitrogens with two attached hydrogens (primary N) is 3. The minimum Gasteiger partial charge on any atom is -0.384 e. The van der Waals surface area contributed by atoms with Crippen molar-refractivity contribution in [3.05, 3.63) is 52.0 Å². The average molecular weight is 719 g/mol. The molecule has 2 aromatic rings. The monoisotopic (exact) mass is 718 g/mol. The Morgan fingerprint density at radius 1 is 1.02 bits per heavy atom. The van der Waals surface area contributed by atoms with Gasteiger partial charge in [0.2, 0.25) is 11.8 Å². The molecule has 0 radical (unpaired) electrons. The molecule has 50 heavy (non-hydrogen) atoms. The van der Waals surface area contributed by atoms with E-state index in [9.17, 15) is 14.4 Å². The second kappa shape index (κ2) is 27.2. The maximum Gasteiger partial charge on any atom is 0.271 e. The first-order chi connectivity index (χ1) is 23.8. The van der Waals surface area contributed by atoms with E-state index in [1.807, 2.05) is 35.2 Å². The van der Waals surface area contributed by atoms with Gasteiger partial charge in [0.05, 0.1) is 12.6 Å². The molecule has 3 unspecified atom stereocenters. The number of hydrogen-bond donors (Lipinski definition) is 5. The van der Waals surface area contributed by atoms with Gasteiger partial charge in [0.1, 0.15) is 22.6 Å². The largest absolute Gasteiger partial charge is 0.384 e. The zero-order valence-corrected chi connectivity index (χ0v) is 32.9. The fourth-order valence-corrected chi connectivity index (χ4v) is 5.73. The molecule has 2 rings (SSSR count). The van der Waals surface area contributed by atoms with Crippen molar-refractivity contribution in [3.8, 4) is 0 Å². The number of likely N-dealkylation sites (N-methyl/N-ethyl adjacent to an activating group) is 1. The molecule has 0 aliphatic heterocycles. The van der Waals surface area contributed by atoms with Crippen LogP contribution in [-0.2, 0) is 20.7 Å². The molecule has 4 atom stereocenters. The van der Waals surface area contributed by atoms with Gasteiger partial charge in [-0.1, -0.05) is 98.6 Å². The molecule has 3 amide bonds. The number of thiazole rings is 1. The van der Waals surface area contributed by atoms with Gasteiger partial charge in [-0.25, -0.2) is 4.98 Å². The van der Waals surface area contributed by atoms with Gasteiger partial charge in [0, 0.05) is 37.4 Å². The van der Waals surface area contributed by atoms with E-state index in [0.717, 1.165) is 29.8 Å². The SMILES string of the molecule is CCC.CCCOC(CC(C(C)C)N(CCC)C(=O)C[C@@H](C)CC)c1nc(C(=O)NC(Cc2ccccc2)/C(N)=N/N)cs1.CNCC(N)=O. The molecule has 0 spiro atoms. The first-order valence-corrected chi connectivity index (χ1v) is 18.9. The van der Waals surface area contributed by atoms with Crippen molar-refractivity contribution in [2.75, 3.05) is 26.7 Å². The molecule has 8 N–H and O–H groups in total. The van der Waals surface area contributed by atoms with Crippen LogP contribution < -0.4 is 27.9 Å². The Bertz CT molecular complexity index is 1240. The smallest absolute Gasteiger partial charge is 0.271 e. The molecule has 12 nitrogen and oxygen atoms in total. The fourth-order valence-electron chi connectivity index (χ4n) is 4.87. The van der Waals surface area contributed by atoms with Crippen LogP contribution in [0.2, 0.25) is 0 Å². The van der Waals surface area contributed by atoms with E-state index >= 15 is 0 Å². The third-order valence-electron chi connectivity index (χ3n) is 7.63. The van der Waals surface area contributed by atoms with Crippen LogP contribution in [-0.4, -0.2) is 72.3 Å². The minimum absolute atomic E-state index is 0.00893. The van der Waals surface area contributed by atoms with Crippen LogP contribution in [0.4, 0.5) is 0 Å². The number of primary amides is 1. The van der Waals surface area contributed by atoms with Gasteiger partial charge >= 0.3 is 0 Å². The topological polar surface area (TPSA) is 191 Å². The van der Waals surface area contributed by atoms with Crippen LogP contribution in [0.15, 0.2) is 40.8 Å². The lowest BCUT2D eigenvalue weighted by atomic mass is 9.94. The zero-order chi connectivity index (χ0) is 38.1. The maximum absolute atomic E-state index is 13.4. The Balaban J connectivity index is 0.00000236. The molecule has 0 aliphatic carbocycles. The Labute approximate surface area is 305 Å². The molecule has 1 heterocycles. The summed E-state index contributed by atoms with van der Waals surface area (Å²) in [6, 6.07) is 9.12. The van der Waals surface area contributed by atoms with Crippen molar-refractivity contribution in [3.63, 3.8) is 0 Å². The Morgan fingerprint density at radius 2 is 1.66 bits per heavy atom. The minimum atomic E-state index is -0.573. The fraction of sp³-hybridized carbons (Fsp3) is 0.649. The molecular weight excluding hydrogens is 653 g/mol. The number of ether oxygens (including phenoxy) is 1. The quantitative estimate of drug-likeness (QED) is 0.0522. The highest BCUT2D eigenvalue weighted by molar-refractivity contribution is 7.09. The molecule has 1 aromatic carbocycles. The predicted octanol–water partition coefficient (Wildman–Crippen LogP) is 5.38. The Kier molecular flexibility index (Phi) is 25.3. The first-order valence-electron chi connectivity index (χ1n) is 18.0. The molecule has 284 valence electrons. The van der Waals surface area contributed by atoms with Crippen molar-refractivity contribution in [1.82, 2.24) is 20.5 Å². The molecule has 0 aliphatic rings. The summed E-state index contributed by atoms with van der Waals surface area (Å²) in [5.74, 6) is 5.68. The second-order valence-corrected chi connectivity index (χ2v) is 13.6. The van der Waals surface area contributed by atoms with Gasteiger partial charge < -0.3 is 37.6 Å². The van der Waals surface area contributed by atoms with Crippen LogP contribution in [0.1, 0.15) is 121 Å². The average Bonchev–Trinajstić information content (AvgIpc) is 3.58. The van der Waals surface area contributed by atoms with Gasteiger partial charge in [-0.05, 0) is 43.7 Å². The van der Waals surface area contributed by atoms with Crippen LogP contribution in [0, 0.1) is 11.8 Å². The van der Waals surface area contributed by atoms with Crippen LogP contribution in [0.3, 0.4) is 0 Å². The lowest BCUT2D eigenvalue weighted by molar-refractivity contribution is -0.136. The standard InChI is InChI=1S/C31H50N6O3S.C3H8N2O.C3H8/c1-7-15-37(28(38)17-22(6)9-3)26(21(4)5)19-27(40-16-8-2)31-35-25(20-41-31)30(39)34-24(29(32)36-33)18-23-13-11-10-12-14-23;1-5-2-3(4)6;1-3-2/h10-14,20-22,24,26-27H,7-9,15-19,33H2,1-6H3,(H2,32,36)(H,34,39);5H,2H2,1H3,(H2,4,6);3H2,1-2H3/t22-,24?,26?,27?;;/m0../s1. The van der Waals surface area contributed by atoms with E-state index in [-0.39, 0.29) is 53.9 Å². The number of aromatic nitrogens is 1. The summed E-state index contributed by atoms with van der Waals surface area (Å²) >= 11 is 1.40. The third kappa shape index (κ3) is 18.4. The Morgan fingerprint density at radius 3 is 2.14 bits per heavy atom. The number of rotatable bonds is 20. The van der Waals surface area contributed by atoms with Crippen molar-refractivity contribution in [1.29, 1.82) is 0 Å². The third-order valence-corrected chi connectivity index (χ3v) is 8.57. The van der Waals surface area contributed by atoms with Crippen LogP contribution in [0.25, 0.3) is 0 Å². The van der Waals surface area contributed by atoms with Gasteiger partial charge in [0.15, 0.2) is 0 Å². The summed E-state index contributed by atoms with van der Waals surface area (Å²) in [6.45, 7) is 18.5. The van der Waals surface area contributed by atoms with E-state index in [0.29, 0.717) is 38.3 Å². The predicted molar refractivity (Wildman–Crippen MR) is 207 cm³/mol. The molecule has 0 saturated carbocycles. The van der Waals surface area contributed by atoms with Crippen molar-refractivity contribution < 1.29 is 19.1 Å². The van der Waals surface area contributed by atoms with Crippen molar-refractivity contribution in [2.24, 2.45) is 34.2 Å². The summed E-state index contributed by atoms with van der Waals surface area (Å²) in [6.07, 6.45) is 5.23. The lowest BCUT2D eigenvalue weighted by Gasteiger charge is -2.37. The van der Waals surface area contributed by atoms with Gasteiger partial charge in [-0.15, -0.1) is 11.3 Å². The number of carbonyl (C=O) groups is 3. The number of hydrogen-bond acceptors (Lipinski definition) is 9. The maximum atomic E-state index is 13.4. The molecule has 1 aromatic heterocycles. The van der Waals surface area contributed by atoms with Gasteiger partial charge in [0.25, 0.3) is 5.91 Å². The first kappa shape index (κ1) is 46.5. The van der Waals surface area contributed by atoms with Crippen molar-refractivity contribution in [2.45, 2.75) is 119 Å². The summed E-state index contributed by atoms with van der Waals surface area (Å²) in [4.78, 5) is 43.1. The molecule has 0 saturated heterocycles. The number of amidine groups is 1. The van der Waals surface area contributed by atoms with E-state index < -0.39 is 6.04 Å². The highest BCUT2D eigenvalue weighted by Gasteiger charge is 2.31. The molecule has 0 fully saturated rings. The number of benzene rings is 1. The number of amides is 3. The van der Waals surface area contributed by atoms with Crippen LogP contribution in [0.5, 0.6) is 0 Å². The summed E-state index contributed by atoms with van der Waals surface area (Å²) < 4.78 is 6.30. The van der Waals surface area contributed by atoms with E-state index in [2.05, 4.69) is 71.1 Å². The zero-order valence-electron chi connectivity index (χ0n) is 32.0. The van der Waals surface area contributed by atoms with E-state index in [1.165, 1.54) is 17.8 Å². The number of hydrazone groups is 1. The molecular formula is C37H66N8O4S. The van der Waals surface area contributed by atoms with Gasteiger partial charge in [-0.2, -0.15) is 5.10 Å². The van der Waals surface area contributed by atoms with Crippen LogP contribution >= 0.6 is 11.3 Å². The number of nitrogens with zero attached hydrogens (tertiary/aromatic N) is 3. The summed E-state index contributed by atoms with van der Waals surface area (Å²) in [5.41, 5.74) is 12.0. The lowest BCUT2D eigenvalue weighted by Crippen LogP contribution is -2.46. The highest BCUT2D eigenvalue weighted by atomic mass is 32.1. The van der Waals surface area contributed by atoms with Gasteiger partial charge in [-0.3, -0.25) is 14.4 Å².